The molecule has 0 aliphatic carbocycles. The Morgan fingerprint density at radius 2 is 1.84 bits per heavy atom. The number of nitrogens with one attached hydrogen (secondary N) is 1. The van der Waals surface area contributed by atoms with Crippen molar-refractivity contribution in [1.29, 1.82) is 0 Å². The van der Waals surface area contributed by atoms with Crippen molar-refractivity contribution in [2.75, 3.05) is 40.5 Å². The summed E-state index contributed by atoms with van der Waals surface area (Å²) in [5.41, 5.74) is 3.82. The van der Waals surface area contributed by atoms with Gasteiger partial charge >= 0.3 is 0 Å². The van der Waals surface area contributed by atoms with Crippen molar-refractivity contribution in [3.05, 3.63) is 59.3 Å². The molecule has 5 rings (SSSR count). The number of benzene rings is 2. The van der Waals surface area contributed by atoms with E-state index in [4.69, 9.17) is 14.2 Å². The first-order valence-corrected chi connectivity index (χ1v) is 13.1. The molecule has 8 nitrogen and oxygen atoms in total. The number of aromatic nitrogens is 1. The molecule has 196 valence electrons. The summed E-state index contributed by atoms with van der Waals surface area (Å²) in [7, 11) is 3.22. The molecule has 2 aromatic carbocycles. The van der Waals surface area contributed by atoms with E-state index in [0.717, 1.165) is 47.2 Å². The lowest BCUT2D eigenvalue weighted by Gasteiger charge is -2.47. The molecule has 0 radical (unpaired) electrons. The molecule has 2 aliphatic heterocycles. The number of ether oxygens (including phenoxy) is 3. The number of amides is 2. The third-order valence-electron chi connectivity index (χ3n) is 7.44. The average Bonchev–Trinajstić information content (AvgIpc) is 3.30. The molecule has 1 fully saturated rings. The first-order chi connectivity index (χ1) is 18.1. The number of carbonyl (C=O) groups excluding carboxylic acids is 2. The van der Waals surface area contributed by atoms with Crippen LogP contribution in [0.15, 0.2) is 42.5 Å². The molecule has 37 heavy (non-hydrogen) atoms. The summed E-state index contributed by atoms with van der Waals surface area (Å²) in [5, 5.41) is 1.08. The van der Waals surface area contributed by atoms with E-state index in [9.17, 15) is 9.59 Å². The van der Waals surface area contributed by atoms with Crippen molar-refractivity contribution in [2.24, 2.45) is 0 Å². The van der Waals surface area contributed by atoms with Crippen molar-refractivity contribution in [3.63, 3.8) is 0 Å². The second-order valence-corrected chi connectivity index (χ2v) is 9.67. The highest BCUT2D eigenvalue weighted by Crippen LogP contribution is 2.45. The van der Waals surface area contributed by atoms with Crippen LogP contribution in [0.2, 0.25) is 0 Å². The third kappa shape index (κ3) is 4.66. The maximum Gasteiger partial charge on any atom is 0.246 e. The highest BCUT2D eigenvalue weighted by molar-refractivity contribution is 5.97. The van der Waals surface area contributed by atoms with E-state index in [1.807, 2.05) is 36.4 Å². The molecule has 2 atom stereocenters. The SMILES string of the molecule is CCCCOCCCN1CC(=O)N2[C@H](c3ccc(OC)cc3OC)c3[nH]c4ccccc4c3C[C@H]2C1=O. The van der Waals surface area contributed by atoms with Gasteiger partial charge in [0.25, 0.3) is 0 Å². The molecule has 1 saturated heterocycles. The van der Waals surface area contributed by atoms with Gasteiger partial charge < -0.3 is 29.0 Å². The topological polar surface area (TPSA) is 84.1 Å². The molecule has 2 aliphatic rings. The van der Waals surface area contributed by atoms with Gasteiger partial charge in [-0.05, 0) is 36.6 Å². The predicted octanol–water partition coefficient (Wildman–Crippen LogP) is 4.08. The third-order valence-corrected chi connectivity index (χ3v) is 7.44. The zero-order chi connectivity index (χ0) is 25.9. The summed E-state index contributed by atoms with van der Waals surface area (Å²) in [6.45, 7) is 4.03. The molecule has 0 bridgehead atoms. The molecule has 0 spiro atoms. The van der Waals surface area contributed by atoms with Gasteiger partial charge in [0, 0.05) is 54.4 Å². The number of fused-ring (bicyclic) bond motifs is 4. The summed E-state index contributed by atoms with van der Waals surface area (Å²) in [6.07, 6.45) is 3.31. The van der Waals surface area contributed by atoms with Crippen LogP contribution in [-0.4, -0.2) is 73.2 Å². The number of H-pyrrole nitrogens is 1. The second kappa shape index (κ2) is 10.8. The van der Waals surface area contributed by atoms with Crippen molar-refractivity contribution in [1.82, 2.24) is 14.8 Å². The lowest BCUT2D eigenvalue weighted by molar-refractivity contribution is -0.158. The standard InChI is InChI=1S/C29H35N3O5/c1-4-5-14-37-15-8-13-31-18-26(33)32-24(29(31)34)17-22-20-9-6-7-10-23(20)30-27(22)28(32)21-12-11-19(35-2)16-25(21)36-3/h6-7,9-12,16,24,28,30H,4-5,8,13-15,17-18H2,1-3H3/t24-,28+/m0/s1. The quantitative estimate of drug-likeness (QED) is 0.420. The van der Waals surface area contributed by atoms with Crippen LogP contribution in [0.5, 0.6) is 11.5 Å². The molecule has 1 N–H and O–H groups in total. The Labute approximate surface area is 217 Å². The number of unbranched alkanes of at least 4 members (excludes halogenated alkanes) is 1. The molecule has 8 heteroatoms. The van der Waals surface area contributed by atoms with Crippen LogP contribution in [-0.2, 0) is 20.7 Å². The average molecular weight is 506 g/mol. The summed E-state index contributed by atoms with van der Waals surface area (Å²) >= 11 is 0. The lowest BCUT2D eigenvalue weighted by Crippen LogP contribution is -2.63. The summed E-state index contributed by atoms with van der Waals surface area (Å²) < 4.78 is 16.8. The second-order valence-electron chi connectivity index (χ2n) is 9.67. The highest BCUT2D eigenvalue weighted by atomic mass is 16.5. The van der Waals surface area contributed by atoms with Crippen LogP contribution >= 0.6 is 0 Å². The van der Waals surface area contributed by atoms with Gasteiger partial charge in [-0.2, -0.15) is 0 Å². The Kier molecular flexibility index (Phi) is 7.37. The zero-order valence-corrected chi connectivity index (χ0v) is 21.8. The fraction of sp³-hybridized carbons (Fsp3) is 0.448. The molecular weight excluding hydrogens is 470 g/mol. The minimum Gasteiger partial charge on any atom is -0.497 e. The number of rotatable bonds is 10. The van der Waals surface area contributed by atoms with Gasteiger partial charge in [-0.15, -0.1) is 0 Å². The van der Waals surface area contributed by atoms with E-state index >= 15 is 0 Å². The maximum atomic E-state index is 13.8. The van der Waals surface area contributed by atoms with Crippen molar-refractivity contribution < 1.29 is 23.8 Å². The van der Waals surface area contributed by atoms with Crippen LogP contribution in [0.1, 0.15) is 49.0 Å². The number of para-hydroxylation sites is 1. The minimum atomic E-state index is -0.578. The van der Waals surface area contributed by atoms with E-state index in [-0.39, 0.29) is 18.4 Å². The van der Waals surface area contributed by atoms with Gasteiger partial charge in [-0.3, -0.25) is 9.59 Å². The fourth-order valence-corrected chi connectivity index (χ4v) is 5.59. The number of hydrogen-bond acceptors (Lipinski definition) is 5. The van der Waals surface area contributed by atoms with Crippen LogP contribution in [0.25, 0.3) is 10.9 Å². The van der Waals surface area contributed by atoms with Crippen LogP contribution in [0, 0.1) is 0 Å². The molecule has 0 unspecified atom stereocenters. The van der Waals surface area contributed by atoms with Gasteiger partial charge in [-0.1, -0.05) is 31.5 Å². The van der Waals surface area contributed by atoms with Crippen LogP contribution in [0.4, 0.5) is 0 Å². The number of nitrogens with zero attached hydrogens (tertiary/aromatic N) is 2. The van der Waals surface area contributed by atoms with Crippen molar-refractivity contribution in [3.8, 4) is 11.5 Å². The molecule has 3 heterocycles. The molecule has 1 aromatic heterocycles. The highest BCUT2D eigenvalue weighted by Gasteiger charge is 2.48. The molecule has 3 aromatic rings. The number of piperazine rings is 1. The largest absolute Gasteiger partial charge is 0.497 e. The summed E-state index contributed by atoms with van der Waals surface area (Å²) in [4.78, 5) is 34.5. The van der Waals surface area contributed by atoms with Crippen molar-refractivity contribution >= 4 is 22.7 Å². The van der Waals surface area contributed by atoms with E-state index in [1.54, 1.807) is 24.0 Å². The van der Waals surface area contributed by atoms with Gasteiger partial charge in [0.05, 0.1) is 20.8 Å². The van der Waals surface area contributed by atoms with Gasteiger partial charge in [0.1, 0.15) is 23.6 Å². The number of carbonyl (C=O) groups is 2. The van der Waals surface area contributed by atoms with E-state index in [2.05, 4.69) is 18.0 Å². The van der Waals surface area contributed by atoms with E-state index in [0.29, 0.717) is 37.5 Å². The Balaban J connectivity index is 1.51. The Morgan fingerprint density at radius 1 is 1.03 bits per heavy atom. The molecule has 0 saturated carbocycles. The van der Waals surface area contributed by atoms with Gasteiger partial charge in [-0.25, -0.2) is 0 Å². The smallest absolute Gasteiger partial charge is 0.246 e. The predicted molar refractivity (Wildman–Crippen MR) is 141 cm³/mol. The van der Waals surface area contributed by atoms with Gasteiger partial charge in [0.2, 0.25) is 11.8 Å². The minimum absolute atomic E-state index is 0.0124. The van der Waals surface area contributed by atoms with E-state index < -0.39 is 12.1 Å². The first kappa shape index (κ1) is 25.1. The molecular formula is C29H35N3O5. The molecule has 2 amide bonds. The monoisotopic (exact) mass is 505 g/mol. The Bertz CT molecular complexity index is 1290. The summed E-state index contributed by atoms with van der Waals surface area (Å²) in [5.74, 6) is 1.20. The summed E-state index contributed by atoms with van der Waals surface area (Å²) in [6, 6.07) is 12.7. The number of hydrogen-bond donors (Lipinski definition) is 1. The first-order valence-electron chi connectivity index (χ1n) is 13.1. The Hall–Kier alpha value is -3.52. The Morgan fingerprint density at radius 3 is 2.62 bits per heavy atom. The fourth-order valence-electron chi connectivity index (χ4n) is 5.59. The normalized spacial score (nSPS) is 19.2. The van der Waals surface area contributed by atoms with Crippen molar-refractivity contribution in [2.45, 2.75) is 44.7 Å². The van der Waals surface area contributed by atoms with E-state index in [1.165, 1.54) is 0 Å². The number of aromatic amines is 1. The lowest BCUT2D eigenvalue weighted by atomic mass is 9.85. The number of methoxy groups -OCH3 is 2. The zero-order valence-electron chi connectivity index (χ0n) is 21.8. The van der Waals surface area contributed by atoms with Crippen LogP contribution in [0.3, 0.4) is 0 Å². The van der Waals surface area contributed by atoms with Gasteiger partial charge in [0.15, 0.2) is 0 Å². The van der Waals surface area contributed by atoms with Crippen LogP contribution < -0.4 is 9.47 Å². The maximum absolute atomic E-state index is 13.8.